The zero-order chi connectivity index (χ0) is 14.8. The molecule has 3 heteroatoms. The Hall–Kier alpha value is -1.64. The Morgan fingerprint density at radius 1 is 1.05 bits per heavy atom. The van der Waals surface area contributed by atoms with Crippen LogP contribution in [0.25, 0.3) is 0 Å². The molecule has 1 aromatic carbocycles. The number of Topliss-reactive ketones (excluding diaryl/α,β-unsaturated/α-hetero) is 1. The van der Waals surface area contributed by atoms with Crippen LogP contribution in [0, 0.1) is 5.92 Å². The first-order valence-electron chi connectivity index (χ1n) is 7.46. The molecule has 0 heterocycles. The van der Waals surface area contributed by atoms with Gasteiger partial charge in [-0.2, -0.15) is 0 Å². The van der Waals surface area contributed by atoms with Gasteiger partial charge in [0.1, 0.15) is 5.92 Å². The molecule has 0 aliphatic rings. The summed E-state index contributed by atoms with van der Waals surface area (Å²) in [7, 11) is 0. The van der Waals surface area contributed by atoms with E-state index in [1.54, 1.807) is 12.1 Å². The quantitative estimate of drug-likeness (QED) is 0.296. The lowest BCUT2D eigenvalue weighted by Crippen LogP contribution is -2.26. The summed E-state index contributed by atoms with van der Waals surface area (Å²) in [4.78, 5) is 24.5. The molecule has 0 saturated carbocycles. The normalized spacial score (nSPS) is 11.9. The molecule has 1 atom stereocenters. The highest BCUT2D eigenvalue weighted by molar-refractivity contribution is 6.08. The molecule has 0 bridgehead atoms. The number of carbonyl (C=O) groups is 2. The van der Waals surface area contributed by atoms with Crippen LogP contribution in [0.5, 0.6) is 0 Å². The van der Waals surface area contributed by atoms with E-state index in [9.17, 15) is 9.59 Å². The van der Waals surface area contributed by atoms with E-state index in [0.717, 1.165) is 25.7 Å². The number of benzene rings is 1. The SMILES string of the molecule is CCCCOC(=O)C(CCCC)C(=O)c1ccccc1. The molecule has 1 aromatic rings. The minimum Gasteiger partial charge on any atom is -0.465 e. The lowest BCUT2D eigenvalue weighted by Gasteiger charge is -2.14. The third-order valence-electron chi connectivity index (χ3n) is 3.25. The maximum absolute atomic E-state index is 12.4. The fourth-order valence-electron chi connectivity index (χ4n) is 1.99. The fourth-order valence-corrected chi connectivity index (χ4v) is 1.99. The number of hydrogen-bond acceptors (Lipinski definition) is 3. The zero-order valence-electron chi connectivity index (χ0n) is 12.4. The molecule has 0 spiro atoms. The highest BCUT2D eigenvalue weighted by Gasteiger charge is 2.28. The summed E-state index contributed by atoms with van der Waals surface area (Å²) in [5.74, 6) is -1.16. The topological polar surface area (TPSA) is 43.4 Å². The van der Waals surface area contributed by atoms with Crippen LogP contribution in [-0.4, -0.2) is 18.4 Å². The van der Waals surface area contributed by atoms with Gasteiger partial charge in [0.05, 0.1) is 6.61 Å². The van der Waals surface area contributed by atoms with Gasteiger partial charge in [0, 0.05) is 5.56 Å². The highest BCUT2D eigenvalue weighted by atomic mass is 16.5. The average molecular weight is 276 g/mol. The molecule has 0 fully saturated rings. The predicted octanol–water partition coefficient (Wildman–Crippen LogP) is 4.02. The third-order valence-corrected chi connectivity index (χ3v) is 3.25. The molecule has 0 amide bonds. The number of ether oxygens (including phenoxy) is 1. The molecule has 0 aromatic heterocycles. The minimum absolute atomic E-state index is 0.124. The van der Waals surface area contributed by atoms with Crippen LogP contribution in [0.15, 0.2) is 30.3 Å². The van der Waals surface area contributed by atoms with Gasteiger partial charge in [0.15, 0.2) is 5.78 Å². The standard InChI is InChI=1S/C17H24O3/c1-3-5-12-15(17(19)20-13-6-4-2)16(18)14-10-8-7-9-11-14/h7-11,15H,3-6,12-13H2,1-2H3. The summed E-state index contributed by atoms with van der Waals surface area (Å²) >= 11 is 0. The molecular formula is C17H24O3. The molecule has 0 aliphatic heterocycles. The number of rotatable bonds is 9. The lowest BCUT2D eigenvalue weighted by atomic mass is 9.93. The zero-order valence-corrected chi connectivity index (χ0v) is 12.4. The van der Waals surface area contributed by atoms with Gasteiger partial charge in [-0.05, 0) is 12.8 Å². The van der Waals surface area contributed by atoms with Gasteiger partial charge in [-0.25, -0.2) is 0 Å². The van der Waals surface area contributed by atoms with Gasteiger partial charge in [0.2, 0.25) is 0 Å². The Morgan fingerprint density at radius 2 is 1.70 bits per heavy atom. The van der Waals surface area contributed by atoms with Crippen LogP contribution in [0.3, 0.4) is 0 Å². The van der Waals surface area contributed by atoms with E-state index in [1.165, 1.54) is 0 Å². The predicted molar refractivity (Wildman–Crippen MR) is 79.7 cm³/mol. The van der Waals surface area contributed by atoms with Crippen LogP contribution >= 0.6 is 0 Å². The second-order valence-electron chi connectivity index (χ2n) is 4.95. The van der Waals surface area contributed by atoms with Gasteiger partial charge in [0.25, 0.3) is 0 Å². The van der Waals surface area contributed by atoms with Crippen molar-refractivity contribution in [3.8, 4) is 0 Å². The average Bonchev–Trinajstić information content (AvgIpc) is 2.48. The van der Waals surface area contributed by atoms with Crippen molar-refractivity contribution in [3.05, 3.63) is 35.9 Å². The van der Waals surface area contributed by atoms with Gasteiger partial charge in [-0.1, -0.05) is 63.4 Å². The molecule has 3 nitrogen and oxygen atoms in total. The van der Waals surface area contributed by atoms with E-state index >= 15 is 0 Å². The number of esters is 1. The van der Waals surface area contributed by atoms with Crippen molar-refractivity contribution in [2.75, 3.05) is 6.61 Å². The first-order chi connectivity index (χ1) is 9.70. The molecule has 110 valence electrons. The minimum atomic E-state index is -0.658. The second-order valence-corrected chi connectivity index (χ2v) is 4.95. The molecule has 0 radical (unpaired) electrons. The monoisotopic (exact) mass is 276 g/mol. The maximum atomic E-state index is 12.4. The van der Waals surface area contributed by atoms with E-state index in [4.69, 9.17) is 4.74 Å². The van der Waals surface area contributed by atoms with Crippen LogP contribution < -0.4 is 0 Å². The van der Waals surface area contributed by atoms with Crippen LogP contribution in [0.1, 0.15) is 56.3 Å². The molecule has 0 N–H and O–H groups in total. The Labute approximate surface area is 121 Å². The van der Waals surface area contributed by atoms with Crippen molar-refractivity contribution in [3.63, 3.8) is 0 Å². The van der Waals surface area contributed by atoms with Gasteiger partial charge >= 0.3 is 5.97 Å². The van der Waals surface area contributed by atoms with Gasteiger partial charge in [-0.15, -0.1) is 0 Å². The van der Waals surface area contributed by atoms with E-state index < -0.39 is 5.92 Å². The van der Waals surface area contributed by atoms with E-state index in [1.807, 2.05) is 32.0 Å². The first-order valence-corrected chi connectivity index (χ1v) is 7.46. The summed E-state index contributed by atoms with van der Waals surface area (Å²) in [6.45, 7) is 4.49. The smallest absolute Gasteiger partial charge is 0.316 e. The first kappa shape index (κ1) is 16.4. The molecule has 0 saturated heterocycles. The van der Waals surface area contributed by atoms with Gasteiger partial charge < -0.3 is 4.74 Å². The van der Waals surface area contributed by atoms with E-state index in [-0.39, 0.29) is 11.8 Å². The molecule has 1 unspecified atom stereocenters. The lowest BCUT2D eigenvalue weighted by molar-refractivity contribution is -0.147. The number of hydrogen-bond donors (Lipinski definition) is 0. The Bertz CT molecular complexity index is 412. The molecular weight excluding hydrogens is 252 g/mol. The fraction of sp³-hybridized carbons (Fsp3) is 0.529. The summed E-state index contributed by atoms with van der Waals surface area (Å²) in [6, 6.07) is 8.98. The third kappa shape index (κ3) is 5.16. The molecule has 0 aliphatic carbocycles. The highest BCUT2D eigenvalue weighted by Crippen LogP contribution is 2.17. The Morgan fingerprint density at radius 3 is 2.30 bits per heavy atom. The van der Waals surface area contributed by atoms with Crippen molar-refractivity contribution in [2.45, 2.75) is 46.0 Å². The van der Waals surface area contributed by atoms with Crippen molar-refractivity contribution in [2.24, 2.45) is 5.92 Å². The number of unbranched alkanes of at least 4 members (excludes halogenated alkanes) is 2. The number of ketones is 1. The summed E-state index contributed by atoms with van der Waals surface area (Å²) in [5, 5.41) is 0. The number of carbonyl (C=O) groups excluding carboxylic acids is 2. The summed E-state index contributed by atoms with van der Waals surface area (Å²) < 4.78 is 5.22. The van der Waals surface area contributed by atoms with E-state index in [0.29, 0.717) is 18.6 Å². The molecule has 20 heavy (non-hydrogen) atoms. The largest absolute Gasteiger partial charge is 0.465 e. The Balaban J connectivity index is 2.72. The van der Waals surface area contributed by atoms with Crippen molar-refractivity contribution >= 4 is 11.8 Å². The van der Waals surface area contributed by atoms with Crippen LogP contribution in [-0.2, 0) is 9.53 Å². The Kier molecular flexibility index (Phi) is 7.63. The van der Waals surface area contributed by atoms with E-state index in [2.05, 4.69) is 0 Å². The molecule has 1 rings (SSSR count). The van der Waals surface area contributed by atoms with Crippen molar-refractivity contribution in [1.82, 2.24) is 0 Å². The summed E-state index contributed by atoms with van der Waals surface area (Å²) in [5.41, 5.74) is 0.584. The summed E-state index contributed by atoms with van der Waals surface area (Å²) in [6.07, 6.45) is 4.19. The second kappa shape index (κ2) is 9.29. The maximum Gasteiger partial charge on any atom is 0.316 e. The van der Waals surface area contributed by atoms with Crippen LogP contribution in [0.4, 0.5) is 0 Å². The van der Waals surface area contributed by atoms with Crippen molar-refractivity contribution in [1.29, 1.82) is 0 Å². The van der Waals surface area contributed by atoms with Crippen LogP contribution in [0.2, 0.25) is 0 Å². The van der Waals surface area contributed by atoms with Crippen molar-refractivity contribution < 1.29 is 14.3 Å². The van der Waals surface area contributed by atoms with Gasteiger partial charge in [-0.3, -0.25) is 9.59 Å².